The minimum atomic E-state index is -3.74. The van der Waals surface area contributed by atoms with Gasteiger partial charge in [-0.1, -0.05) is 42.3 Å². The molecule has 1 fully saturated rings. The molecule has 0 atom stereocenters. The first kappa shape index (κ1) is 22.3. The minimum Gasteiger partial charge on any atom is -0.423 e. The highest BCUT2D eigenvalue weighted by Crippen LogP contribution is 2.28. The van der Waals surface area contributed by atoms with Crippen molar-refractivity contribution in [3.8, 4) is 0 Å². The lowest BCUT2D eigenvalue weighted by Crippen LogP contribution is -2.48. The smallest absolute Gasteiger partial charge is 0.336 e. The molecule has 0 spiro atoms. The van der Waals surface area contributed by atoms with Crippen molar-refractivity contribution in [2.45, 2.75) is 24.8 Å². The van der Waals surface area contributed by atoms with E-state index in [4.69, 9.17) is 27.6 Å². The van der Waals surface area contributed by atoms with E-state index >= 15 is 0 Å². The number of sulfonamides is 1. The van der Waals surface area contributed by atoms with Crippen LogP contribution in [-0.2, 0) is 23.0 Å². The lowest BCUT2D eigenvalue weighted by molar-refractivity contribution is 0.182. The van der Waals surface area contributed by atoms with E-state index < -0.39 is 10.0 Å². The highest BCUT2D eigenvalue weighted by atomic mass is 35.5. The number of hydrogen-bond acceptors (Lipinski definition) is 5. The first-order valence-corrected chi connectivity index (χ1v) is 12.2. The Balaban J connectivity index is 1.51. The fourth-order valence-electron chi connectivity index (χ4n) is 3.81. The molecule has 2 heterocycles. The summed E-state index contributed by atoms with van der Waals surface area (Å²) in [5, 5.41) is 1.38. The number of aryl methyl sites for hydroxylation is 1. The summed E-state index contributed by atoms with van der Waals surface area (Å²) >= 11 is 12.1. The van der Waals surface area contributed by atoms with E-state index in [0.29, 0.717) is 43.3 Å². The second-order valence-corrected chi connectivity index (χ2v) is 10.3. The molecule has 0 radical (unpaired) electrons. The Kier molecular flexibility index (Phi) is 6.42. The fraction of sp³-hybridized carbons (Fsp3) is 0.318. The second-order valence-electron chi connectivity index (χ2n) is 7.53. The van der Waals surface area contributed by atoms with Crippen LogP contribution < -0.4 is 5.63 Å². The molecular formula is C22H22Cl2N2O4S. The third-order valence-corrected chi connectivity index (χ3v) is 8.15. The summed E-state index contributed by atoms with van der Waals surface area (Å²) in [5.41, 5.74) is 2.18. The molecule has 0 saturated carbocycles. The first-order valence-electron chi connectivity index (χ1n) is 10.0. The largest absolute Gasteiger partial charge is 0.423 e. The van der Waals surface area contributed by atoms with Crippen LogP contribution in [0.25, 0.3) is 11.0 Å². The van der Waals surface area contributed by atoms with Crippen molar-refractivity contribution in [3.05, 3.63) is 74.1 Å². The maximum Gasteiger partial charge on any atom is 0.336 e. The van der Waals surface area contributed by atoms with Gasteiger partial charge in [0.15, 0.2) is 0 Å². The molecule has 1 aliphatic heterocycles. The predicted molar refractivity (Wildman–Crippen MR) is 122 cm³/mol. The fourth-order valence-corrected chi connectivity index (χ4v) is 5.97. The van der Waals surface area contributed by atoms with Crippen molar-refractivity contribution in [1.29, 1.82) is 0 Å². The van der Waals surface area contributed by atoms with Gasteiger partial charge in [-0.25, -0.2) is 13.2 Å². The lowest BCUT2D eigenvalue weighted by atomic mass is 10.1. The summed E-state index contributed by atoms with van der Waals surface area (Å²) < 4.78 is 32.8. The highest BCUT2D eigenvalue weighted by Gasteiger charge is 2.30. The van der Waals surface area contributed by atoms with Gasteiger partial charge in [-0.15, -0.1) is 0 Å². The summed E-state index contributed by atoms with van der Waals surface area (Å²) in [5.74, 6) is 0. The number of hydrogen-bond donors (Lipinski definition) is 0. The van der Waals surface area contributed by atoms with Crippen LogP contribution in [0.3, 0.4) is 0 Å². The summed E-state index contributed by atoms with van der Waals surface area (Å²) in [6.45, 7) is 4.31. The molecule has 1 saturated heterocycles. The summed E-state index contributed by atoms with van der Waals surface area (Å²) in [4.78, 5) is 14.2. The normalized spacial score (nSPS) is 16.1. The van der Waals surface area contributed by atoms with Crippen molar-refractivity contribution in [2.24, 2.45) is 0 Å². The maximum absolute atomic E-state index is 13.0. The number of benzene rings is 2. The molecule has 0 aliphatic carbocycles. The predicted octanol–water partition coefficient (Wildman–Crippen LogP) is 4.17. The summed E-state index contributed by atoms with van der Waals surface area (Å²) in [7, 11) is -3.74. The number of nitrogens with zero attached hydrogens (tertiary/aromatic N) is 2. The van der Waals surface area contributed by atoms with Gasteiger partial charge in [0.1, 0.15) is 10.5 Å². The molecule has 6 nitrogen and oxygen atoms in total. The van der Waals surface area contributed by atoms with Gasteiger partial charge in [0, 0.05) is 49.2 Å². The average Bonchev–Trinajstić information content (AvgIpc) is 2.75. The number of fused-ring (bicyclic) bond motifs is 1. The Labute approximate surface area is 191 Å². The van der Waals surface area contributed by atoms with Crippen molar-refractivity contribution in [2.75, 3.05) is 26.2 Å². The summed E-state index contributed by atoms with van der Waals surface area (Å²) in [6.07, 6.45) is 0.858. The molecule has 4 rings (SSSR count). The van der Waals surface area contributed by atoms with E-state index in [9.17, 15) is 13.2 Å². The Morgan fingerprint density at radius 2 is 1.74 bits per heavy atom. The summed E-state index contributed by atoms with van der Waals surface area (Å²) in [6, 6.07) is 11.9. The topological polar surface area (TPSA) is 70.8 Å². The Bertz CT molecular complexity index is 1280. The molecule has 0 amide bonds. The van der Waals surface area contributed by atoms with Crippen LogP contribution >= 0.6 is 23.2 Å². The molecule has 0 bridgehead atoms. The van der Waals surface area contributed by atoms with Crippen LogP contribution in [0.15, 0.2) is 56.6 Å². The van der Waals surface area contributed by atoms with Gasteiger partial charge in [0.25, 0.3) is 0 Å². The molecule has 31 heavy (non-hydrogen) atoms. The Morgan fingerprint density at radius 1 is 1.00 bits per heavy atom. The van der Waals surface area contributed by atoms with Gasteiger partial charge in [-0.3, -0.25) is 4.90 Å². The van der Waals surface area contributed by atoms with Gasteiger partial charge >= 0.3 is 5.63 Å². The average molecular weight is 481 g/mol. The Hall–Kier alpha value is -1.90. The van der Waals surface area contributed by atoms with E-state index in [1.54, 1.807) is 6.07 Å². The van der Waals surface area contributed by atoms with Crippen LogP contribution in [0, 0.1) is 0 Å². The molecule has 164 valence electrons. The van der Waals surface area contributed by atoms with Crippen LogP contribution in [0.2, 0.25) is 10.0 Å². The molecule has 3 aromatic rings. The van der Waals surface area contributed by atoms with Gasteiger partial charge in [0.05, 0.1) is 5.02 Å². The van der Waals surface area contributed by atoms with Crippen molar-refractivity contribution >= 4 is 44.2 Å². The maximum atomic E-state index is 13.0. The zero-order chi connectivity index (χ0) is 22.2. The van der Waals surface area contributed by atoms with Gasteiger partial charge in [-0.05, 0) is 41.8 Å². The first-order chi connectivity index (χ1) is 14.8. The van der Waals surface area contributed by atoms with Crippen LogP contribution in [0.5, 0.6) is 0 Å². The molecule has 9 heteroatoms. The van der Waals surface area contributed by atoms with Crippen molar-refractivity contribution in [3.63, 3.8) is 0 Å². The molecule has 2 aromatic carbocycles. The van der Waals surface area contributed by atoms with Crippen molar-refractivity contribution in [1.82, 2.24) is 9.21 Å². The van der Waals surface area contributed by atoms with E-state index in [1.165, 1.54) is 22.5 Å². The molecule has 1 aromatic heterocycles. The van der Waals surface area contributed by atoms with Crippen LogP contribution in [0.4, 0.5) is 0 Å². The molecule has 0 N–H and O–H groups in total. The zero-order valence-electron chi connectivity index (χ0n) is 17.0. The van der Waals surface area contributed by atoms with Crippen LogP contribution in [0.1, 0.15) is 18.1 Å². The molecular weight excluding hydrogens is 459 g/mol. The van der Waals surface area contributed by atoms with E-state index in [2.05, 4.69) is 4.90 Å². The lowest BCUT2D eigenvalue weighted by Gasteiger charge is -2.34. The number of rotatable bonds is 5. The third kappa shape index (κ3) is 4.66. The van der Waals surface area contributed by atoms with Crippen molar-refractivity contribution < 1.29 is 12.8 Å². The van der Waals surface area contributed by atoms with Crippen LogP contribution in [-0.4, -0.2) is 43.8 Å². The van der Waals surface area contributed by atoms with Gasteiger partial charge in [-0.2, -0.15) is 4.31 Å². The monoisotopic (exact) mass is 480 g/mol. The van der Waals surface area contributed by atoms with Gasteiger partial charge in [0.2, 0.25) is 10.0 Å². The number of piperazine rings is 1. The number of halogens is 2. The third-order valence-electron chi connectivity index (χ3n) is 5.54. The SMILES string of the molecule is CCc1ccc2c(CN3CCN(S(=O)(=O)c4cc(Cl)ccc4Cl)CC3)cc(=O)oc2c1. The quantitative estimate of drug-likeness (QED) is 0.512. The van der Waals surface area contributed by atoms with E-state index in [0.717, 1.165) is 22.9 Å². The Morgan fingerprint density at radius 3 is 2.45 bits per heavy atom. The zero-order valence-corrected chi connectivity index (χ0v) is 19.3. The minimum absolute atomic E-state index is 0.0218. The van der Waals surface area contributed by atoms with E-state index in [1.807, 2.05) is 25.1 Å². The molecule has 0 unspecified atom stereocenters. The van der Waals surface area contributed by atoms with E-state index in [-0.39, 0.29) is 15.5 Å². The highest BCUT2D eigenvalue weighted by molar-refractivity contribution is 7.89. The second kappa shape index (κ2) is 8.92. The van der Waals surface area contributed by atoms with Gasteiger partial charge < -0.3 is 4.42 Å². The molecule has 1 aliphatic rings. The standard InChI is InChI=1S/C22H22Cl2N2O4S/c1-2-15-3-5-18-16(12-22(27)30-20(18)11-15)14-25-7-9-26(10-8-25)31(28,29)21-13-17(23)4-6-19(21)24/h3-6,11-13H,2,7-10,14H2,1H3.